The first-order valence-electron chi connectivity index (χ1n) is 8.88. The van der Waals surface area contributed by atoms with Crippen LogP contribution in [0.4, 0.5) is 4.79 Å². The summed E-state index contributed by atoms with van der Waals surface area (Å²) in [7, 11) is 0. The quantitative estimate of drug-likeness (QED) is 0.520. The monoisotopic (exact) mass is 294 g/mol. The zero-order chi connectivity index (χ0) is 15.6. The van der Waals surface area contributed by atoms with Crippen molar-refractivity contribution in [2.24, 2.45) is 0 Å². The summed E-state index contributed by atoms with van der Waals surface area (Å²) in [4.78, 5) is 14.1. The largest absolute Gasteiger partial charge is 0.334 e. The number of nitrogens with one attached hydrogen (secondary N) is 1. The second-order valence-corrected chi connectivity index (χ2v) is 6.56. The summed E-state index contributed by atoms with van der Waals surface area (Å²) in [6.45, 7) is 7.41. The summed E-state index contributed by atoms with van der Waals surface area (Å²) in [6.07, 6.45) is 16.4. The minimum Gasteiger partial charge on any atom is -0.334 e. The second kappa shape index (κ2) is 9.86. The van der Waals surface area contributed by atoms with Crippen LogP contribution in [0.3, 0.4) is 0 Å². The molecule has 1 aliphatic heterocycles. The lowest BCUT2D eigenvalue weighted by atomic mass is 9.86. The van der Waals surface area contributed by atoms with Crippen LogP contribution in [-0.2, 0) is 0 Å². The second-order valence-electron chi connectivity index (χ2n) is 6.56. The highest BCUT2D eigenvalue weighted by Gasteiger charge is 2.33. The van der Waals surface area contributed by atoms with Gasteiger partial charge in [0, 0.05) is 18.3 Å². The van der Waals surface area contributed by atoms with Gasteiger partial charge < -0.3 is 5.32 Å². The molecule has 0 spiro atoms. The molecule has 21 heavy (non-hydrogen) atoms. The van der Waals surface area contributed by atoms with E-state index < -0.39 is 0 Å². The Morgan fingerprint density at radius 3 is 2.10 bits per heavy atom. The molecule has 0 aliphatic carbocycles. The summed E-state index contributed by atoms with van der Waals surface area (Å²) in [5.74, 6) is 0. The van der Waals surface area contributed by atoms with Gasteiger partial charge in [0.25, 0.3) is 0 Å². The van der Waals surface area contributed by atoms with Gasteiger partial charge in [0.1, 0.15) is 0 Å². The van der Waals surface area contributed by atoms with Crippen molar-refractivity contribution >= 4 is 6.03 Å². The molecule has 122 valence electrons. The molecule has 0 saturated heterocycles. The van der Waals surface area contributed by atoms with Crippen LogP contribution >= 0.6 is 0 Å². The van der Waals surface area contributed by atoms with Gasteiger partial charge in [-0.3, -0.25) is 4.90 Å². The maximum atomic E-state index is 12.2. The van der Waals surface area contributed by atoms with Crippen molar-refractivity contribution in [2.45, 2.75) is 90.5 Å². The van der Waals surface area contributed by atoms with E-state index in [1.807, 2.05) is 11.1 Å². The van der Waals surface area contributed by atoms with Crippen molar-refractivity contribution in [1.82, 2.24) is 10.2 Å². The van der Waals surface area contributed by atoms with Crippen molar-refractivity contribution in [3.8, 4) is 0 Å². The number of urea groups is 1. The lowest BCUT2D eigenvalue weighted by Gasteiger charge is -2.41. The minimum atomic E-state index is -0.0253. The van der Waals surface area contributed by atoms with E-state index in [4.69, 9.17) is 0 Å². The van der Waals surface area contributed by atoms with Crippen LogP contribution in [0, 0.1) is 0 Å². The molecule has 0 radical (unpaired) electrons. The Hall–Kier alpha value is -0.990. The molecule has 0 fully saturated rings. The van der Waals surface area contributed by atoms with E-state index in [2.05, 4.69) is 32.2 Å². The van der Waals surface area contributed by atoms with Crippen molar-refractivity contribution in [3.63, 3.8) is 0 Å². The average Bonchev–Trinajstić information content (AvgIpc) is 2.49. The van der Waals surface area contributed by atoms with Crippen molar-refractivity contribution in [2.75, 3.05) is 6.54 Å². The number of carbonyl (C=O) groups excluding carboxylic acids is 1. The number of amides is 2. The molecule has 0 unspecified atom stereocenters. The lowest BCUT2D eigenvalue weighted by Crippen LogP contribution is -2.52. The summed E-state index contributed by atoms with van der Waals surface area (Å²) in [5, 5.41) is 2.94. The van der Waals surface area contributed by atoms with Crippen LogP contribution in [0.1, 0.15) is 85.0 Å². The Morgan fingerprint density at radius 2 is 1.62 bits per heavy atom. The van der Waals surface area contributed by atoms with Gasteiger partial charge in [0.2, 0.25) is 0 Å². The Kier molecular flexibility index (Phi) is 8.48. The normalized spacial score (nSPS) is 15.4. The Bertz CT molecular complexity index is 313. The predicted molar refractivity (Wildman–Crippen MR) is 90.3 cm³/mol. The van der Waals surface area contributed by atoms with E-state index in [1.165, 1.54) is 51.4 Å². The third kappa shape index (κ3) is 6.11. The highest BCUT2D eigenvalue weighted by molar-refractivity contribution is 5.77. The van der Waals surface area contributed by atoms with Gasteiger partial charge in [-0.2, -0.15) is 0 Å². The lowest BCUT2D eigenvalue weighted by molar-refractivity contribution is 0.138. The molecule has 1 aliphatic rings. The molecule has 0 aromatic carbocycles. The van der Waals surface area contributed by atoms with Crippen LogP contribution in [-0.4, -0.2) is 23.0 Å². The number of hydrogen-bond donors (Lipinski definition) is 1. The molecule has 0 bridgehead atoms. The first kappa shape index (κ1) is 18.1. The van der Waals surface area contributed by atoms with Crippen molar-refractivity contribution in [1.29, 1.82) is 0 Å². The Morgan fingerprint density at radius 1 is 1.05 bits per heavy atom. The van der Waals surface area contributed by atoms with Gasteiger partial charge in [-0.25, -0.2) is 4.79 Å². The topological polar surface area (TPSA) is 32.3 Å². The van der Waals surface area contributed by atoms with Crippen LogP contribution in [0.5, 0.6) is 0 Å². The first-order chi connectivity index (χ1) is 10.1. The highest BCUT2D eigenvalue weighted by Crippen LogP contribution is 2.30. The van der Waals surface area contributed by atoms with Gasteiger partial charge in [-0.1, -0.05) is 65.2 Å². The molecule has 0 atom stereocenters. The van der Waals surface area contributed by atoms with Gasteiger partial charge >= 0.3 is 6.03 Å². The molecular weight excluding hydrogens is 260 g/mol. The predicted octanol–water partition coefficient (Wildman–Crippen LogP) is 5.22. The third-order valence-electron chi connectivity index (χ3n) is 4.56. The van der Waals surface area contributed by atoms with E-state index in [9.17, 15) is 4.79 Å². The average molecular weight is 294 g/mol. The molecule has 3 heteroatoms. The molecular formula is C18H34N2O. The maximum Gasteiger partial charge on any atom is 0.322 e. The summed E-state index contributed by atoms with van der Waals surface area (Å²) >= 11 is 0. The van der Waals surface area contributed by atoms with Crippen LogP contribution in [0.2, 0.25) is 0 Å². The molecule has 0 aromatic heterocycles. The molecule has 1 N–H and O–H groups in total. The fourth-order valence-electron chi connectivity index (χ4n) is 3.11. The Labute approximate surface area is 131 Å². The summed E-state index contributed by atoms with van der Waals surface area (Å²) in [6, 6.07) is 0.0750. The van der Waals surface area contributed by atoms with Gasteiger partial charge in [0.05, 0.1) is 0 Å². The van der Waals surface area contributed by atoms with Crippen molar-refractivity contribution < 1.29 is 4.79 Å². The van der Waals surface area contributed by atoms with Crippen LogP contribution in [0.25, 0.3) is 0 Å². The fraction of sp³-hybridized carbons (Fsp3) is 0.833. The number of rotatable bonds is 11. The summed E-state index contributed by atoms with van der Waals surface area (Å²) < 4.78 is 0. The molecule has 0 aromatic rings. The van der Waals surface area contributed by atoms with E-state index in [1.54, 1.807) is 0 Å². The zero-order valence-electron chi connectivity index (χ0n) is 14.3. The fourth-order valence-corrected chi connectivity index (χ4v) is 3.11. The van der Waals surface area contributed by atoms with Crippen LogP contribution in [0.15, 0.2) is 12.3 Å². The number of hydrogen-bond acceptors (Lipinski definition) is 1. The molecule has 1 heterocycles. The first-order valence-corrected chi connectivity index (χ1v) is 8.88. The minimum absolute atomic E-state index is 0.0253. The van der Waals surface area contributed by atoms with Crippen LogP contribution < -0.4 is 5.32 Å². The molecule has 3 nitrogen and oxygen atoms in total. The third-order valence-corrected chi connectivity index (χ3v) is 4.56. The molecule has 1 rings (SSSR count). The van der Waals surface area contributed by atoms with E-state index in [0.717, 1.165) is 12.8 Å². The number of carbonyl (C=O) groups is 1. The number of nitrogens with zero attached hydrogens (tertiary/aromatic N) is 1. The Balaban J connectivity index is 2.60. The van der Waals surface area contributed by atoms with E-state index in [0.29, 0.717) is 6.54 Å². The summed E-state index contributed by atoms with van der Waals surface area (Å²) in [5.41, 5.74) is -0.0253. The van der Waals surface area contributed by atoms with Crippen molar-refractivity contribution in [3.05, 3.63) is 12.3 Å². The maximum absolute atomic E-state index is 12.2. The molecule has 0 saturated carbocycles. The van der Waals surface area contributed by atoms with Gasteiger partial charge in [0.15, 0.2) is 0 Å². The SMILES string of the molecule is CCCCCCC(C)(CCCCCC)N1C=CCNC1=O. The smallest absolute Gasteiger partial charge is 0.322 e. The number of unbranched alkanes of at least 4 members (excludes halogenated alkanes) is 6. The van der Waals surface area contributed by atoms with Gasteiger partial charge in [-0.15, -0.1) is 0 Å². The highest BCUT2D eigenvalue weighted by atomic mass is 16.2. The van der Waals surface area contributed by atoms with E-state index in [-0.39, 0.29) is 11.6 Å². The zero-order valence-corrected chi connectivity index (χ0v) is 14.3. The van der Waals surface area contributed by atoms with Gasteiger partial charge in [-0.05, 0) is 25.8 Å². The molecule has 2 amide bonds. The standard InChI is InChI=1S/C18H34N2O/c1-4-6-8-10-13-18(3,14-11-9-7-5-2)20-16-12-15-19-17(20)21/h12,16H,4-11,13-15H2,1-3H3,(H,19,21). The van der Waals surface area contributed by atoms with E-state index >= 15 is 0 Å².